The van der Waals surface area contributed by atoms with Crippen molar-refractivity contribution in [2.24, 2.45) is 0 Å². The van der Waals surface area contributed by atoms with E-state index in [1.54, 1.807) is 0 Å². The maximum atomic E-state index is 11.5. The van der Waals surface area contributed by atoms with Gasteiger partial charge in [-0.15, -0.1) is 11.6 Å². The number of methoxy groups -OCH3 is 1. The van der Waals surface area contributed by atoms with E-state index in [1.165, 1.54) is 7.11 Å². The Morgan fingerprint density at radius 3 is 2.57 bits per heavy atom. The number of hydrogen-bond donors (Lipinski definition) is 1. The van der Waals surface area contributed by atoms with E-state index >= 15 is 0 Å². The molecule has 0 saturated carbocycles. The number of carbonyl (C=O) groups is 2. The molecular weight excluding hydrogens is 290 g/mol. The van der Waals surface area contributed by atoms with Crippen LogP contribution in [0.3, 0.4) is 0 Å². The van der Waals surface area contributed by atoms with Gasteiger partial charge in [0.1, 0.15) is 5.88 Å². The second-order valence-electron chi connectivity index (χ2n) is 4.64. The lowest BCUT2D eigenvalue weighted by Gasteiger charge is -2.18. The number of amides is 1. The summed E-state index contributed by atoms with van der Waals surface area (Å²) in [5.74, 6) is -0.854. The van der Waals surface area contributed by atoms with Crippen molar-refractivity contribution in [2.75, 3.05) is 13.0 Å². The number of alkyl halides is 1. The number of hydrogen-bond acceptors (Lipinski definition) is 3. The van der Waals surface area contributed by atoms with Crippen molar-refractivity contribution in [2.45, 2.75) is 12.5 Å². The molecule has 2 rings (SSSR count). The predicted molar refractivity (Wildman–Crippen MR) is 82.2 cm³/mol. The van der Waals surface area contributed by atoms with Crippen LogP contribution in [-0.2, 0) is 14.3 Å². The summed E-state index contributed by atoms with van der Waals surface area (Å²) in [7, 11) is 1.32. The highest BCUT2D eigenvalue weighted by atomic mass is 35.5. The first-order valence-electron chi connectivity index (χ1n) is 6.55. The van der Waals surface area contributed by atoms with E-state index in [0.717, 1.165) is 16.3 Å². The Kier molecular flexibility index (Phi) is 5.17. The third-order valence-corrected chi connectivity index (χ3v) is 3.47. The van der Waals surface area contributed by atoms with Crippen LogP contribution in [0.25, 0.3) is 10.8 Å². The second kappa shape index (κ2) is 7.09. The highest BCUT2D eigenvalue weighted by Gasteiger charge is 2.18. The molecule has 1 amide bonds. The number of nitrogens with one attached hydrogen (secondary N) is 1. The molecule has 0 saturated heterocycles. The molecule has 21 heavy (non-hydrogen) atoms. The molecule has 0 aromatic heterocycles. The zero-order valence-electron chi connectivity index (χ0n) is 11.6. The molecule has 0 spiro atoms. The molecule has 0 heterocycles. The van der Waals surface area contributed by atoms with Crippen LogP contribution in [0.1, 0.15) is 18.0 Å². The molecule has 0 aliphatic rings. The highest BCUT2D eigenvalue weighted by Crippen LogP contribution is 2.23. The Morgan fingerprint density at radius 1 is 1.19 bits per heavy atom. The van der Waals surface area contributed by atoms with Crippen molar-refractivity contribution in [1.29, 1.82) is 0 Å². The summed E-state index contributed by atoms with van der Waals surface area (Å²) in [6.45, 7) is 0. The van der Waals surface area contributed by atoms with E-state index in [4.69, 9.17) is 11.6 Å². The molecule has 5 heteroatoms. The first-order valence-corrected chi connectivity index (χ1v) is 7.08. The van der Waals surface area contributed by atoms with Crippen molar-refractivity contribution >= 4 is 34.2 Å². The summed E-state index contributed by atoms with van der Waals surface area (Å²) in [6, 6.07) is 13.3. The minimum absolute atomic E-state index is 0.0669. The fourth-order valence-electron chi connectivity index (χ4n) is 2.16. The molecule has 0 aliphatic carbocycles. The van der Waals surface area contributed by atoms with E-state index in [1.807, 2.05) is 42.5 Å². The molecule has 0 aliphatic heterocycles. The number of esters is 1. The predicted octanol–water partition coefficient (Wildman–Crippen LogP) is 2.80. The van der Waals surface area contributed by atoms with Gasteiger partial charge in [0.2, 0.25) is 5.91 Å². The van der Waals surface area contributed by atoms with Crippen molar-refractivity contribution in [3.8, 4) is 0 Å². The van der Waals surface area contributed by atoms with E-state index in [2.05, 4.69) is 10.1 Å². The largest absolute Gasteiger partial charge is 0.469 e. The molecule has 0 fully saturated rings. The van der Waals surface area contributed by atoms with Gasteiger partial charge in [-0.25, -0.2) is 0 Å². The summed E-state index contributed by atoms with van der Waals surface area (Å²) < 4.78 is 4.68. The van der Waals surface area contributed by atoms with Crippen LogP contribution in [0.2, 0.25) is 0 Å². The van der Waals surface area contributed by atoms with Gasteiger partial charge in [-0.3, -0.25) is 9.59 Å². The molecule has 1 atom stereocenters. The first kappa shape index (κ1) is 15.3. The van der Waals surface area contributed by atoms with Gasteiger partial charge < -0.3 is 10.1 Å². The molecule has 110 valence electrons. The van der Waals surface area contributed by atoms with Crippen LogP contribution >= 0.6 is 11.6 Å². The quantitative estimate of drug-likeness (QED) is 0.682. The number of rotatable bonds is 5. The van der Waals surface area contributed by atoms with Gasteiger partial charge in [0.25, 0.3) is 0 Å². The Hall–Kier alpha value is -2.07. The monoisotopic (exact) mass is 305 g/mol. The molecule has 0 radical (unpaired) electrons. The SMILES string of the molecule is COC(=O)C[C@H](NC(=O)CCl)c1ccc2ccccc2c1. The minimum atomic E-state index is -0.451. The Labute approximate surface area is 128 Å². The zero-order chi connectivity index (χ0) is 15.2. The van der Waals surface area contributed by atoms with Crippen molar-refractivity contribution < 1.29 is 14.3 Å². The smallest absolute Gasteiger partial charge is 0.307 e. The first-order chi connectivity index (χ1) is 10.1. The van der Waals surface area contributed by atoms with Gasteiger partial charge in [-0.1, -0.05) is 36.4 Å². The average Bonchev–Trinajstić information content (AvgIpc) is 2.53. The fourth-order valence-corrected chi connectivity index (χ4v) is 2.24. The zero-order valence-corrected chi connectivity index (χ0v) is 12.4. The second-order valence-corrected chi connectivity index (χ2v) is 4.91. The fraction of sp³-hybridized carbons (Fsp3) is 0.250. The number of ether oxygens (including phenoxy) is 1. The number of carbonyl (C=O) groups excluding carboxylic acids is 2. The molecule has 0 bridgehead atoms. The third-order valence-electron chi connectivity index (χ3n) is 3.23. The lowest BCUT2D eigenvalue weighted by Crippen LogP contribution is -2.31. The van der Waals surface area contributed by atoms with E-state index in [0.29, 0.717) is 0 Å². The summed E-state index contributed by atoms with van der Waals surface area (Å²) in [5, 5.41) is 4.89. The van der Waals surface area contributed by atoms with Gasteiger partial charge in [0.05, 0.1) is 19.6 Å². The molecule has 2 aromatic rings. The summed E-state index contributed by atoms with van der Waals surface area (Å²) >= 11 is 5.52. The van der Waals surface area contributed by atoms with Gasteiger partial charge in [0, 0.05) is 0 Å². The van der Waals surface area contributed by atoms with E-state index in [9.17, 15) is 9.59 Å². The summed E-state index contributed by atoms with van der Waals surface area (Å²) in [6.07, 6.45) is 0.0669. The van der Waals surface area contributed by atoms with Gasteiger partial charge >= 0.3 is 5.97 Å². The molecule has 0 unspecified atom stereocenters. The van der Waals surface area contributed by atoms with Gasteiger partial charge in [-0.2, -0.15) is 0 Å². The Bertz CT molecular complexity index is 639. The Balaban J connectivity index is 2.32. The minimum Gasteiger partial charge on any atom is -0.469 e. The van der Waals surface area contributed by atoms with Gasteiger partial charge in [0.15, 0.2) is 0 Å². The van der Waals surface area contributed by atoms with Crippen molar-refractivity contribution in [1.82, 2.24) is 5.32 Å². The topological polar surface area (TPSA) is 55.4 Å². The standard InChI is InChI=1S/C16H16ClNO3/c1-21-16(20)9-14(18-15(19)10-17)13-7-6-11-4-2-3-5-12(11)8-13/h2-8,14H,9-10H2,1H3,(H,18,19)/t14-/m0/s1. The highest BCUT2D eigenvalue weighted by molar-refractivity contribution is 6.27. The Morgan fingerprint density at radius 2 is 1.90 bits per heavy atom. The van der Waals surface area contributed by atoms with Crippen LogP contribution < -0.4 is 5.32 Å². The summed E-state index contributed by atoms with van der Waals surface area (Å²) in [4.78, 5) is 23.1. The normalized spacial score (nSPS) is 11.9. The van der Waals surface area contributed by atoms with Crippen LogP contribution in [-0.4, -0.2) is 24.9 Å². The third kappa shape index (κ3) is 3.95. The molecule has 2 aromatic carbocycles. The number of halogens is 1. The van der Waals surface area contributed by atoms with E-state index in [-0.39, 0.29) is 24.2 Å². The number of benzene rings is 2. The average molecular weight is 306 g/mol. The lowest BCUT2D eigenvalue weighted by molar-refractivity contribution is -0.141. The van der Waals surface area contributed by atoms with Crippen LogP contribution in [0.4, 0.5) is 0 Å². The molecule has 1 N–H and O–H groups in total. The summed E-state index contributed by atoms with van der Waals surface area (Å²) in [5.41, 5.74) is 0.845. The van der Waals surface area contributed by atoms with Crippen molar-refractivity contribution in [3.05, 3.63) is 48.0 Å². The maximum absolute atomic E-state index is 11.5. The molecular formula is C16H16ClNO3. The lowest BCUT2D eigenvalue weighted by atomic mass is 9.99. The van der Waals surface area contributed by atoms with E-state index < -0.39 is 6.04 Å². The van der Waals surface area contributed by atoms with Gasteiger partial charge in [-0.05, 0) is 22.4 Å². The molecule has 4 nitrogen and oxygen atoms in total. The number of fused-ring (bicyclic) bond motifs is 1. The maximum Gasteiger partial charge on any atom is 0.307 e. The van der Waals surface area contributed by atoms with Crippen LogP contribution in [0.5, 0.6) is 0 Å². The van der Waals surface area contributed by atoms with Crippen molar-refractivity contribution in [3.63, 3.8) is 0 Å². The van der Waals surface area contributed by atoms with Crippen LogP contribution in [0, 0.1) is 0 Å². The van der Waals surface area contributed by atoms with Crippen LogP contribution in [0.15, 0.2) is 42.5 Å².